The Kier molecular flexibility index (Phi) is 6.91. The van der Waals surface area contributed by atoms with Gasteiger partial charge < -0.3 is 13.9 Å². The number of halogens is 1. The van der Waals surface area contributed by atoms with Crippen molar-refractivity contribution < 1.29 is 26.7 Å². The number of para-hydroxylation sites is 1. The molecule has 43 heavy (non-hydrogen) atoms. The molecule has 9 nitrogen and oxygen atoms in total. The first-order valence-electron chi connectivity index (χ1n) is 13.0. The van der Waals surface area contributed by atoms with Gasteiger partial charge >= 0.3 is 5.63 Å². The number of benzene rings is 3. The van der Waals surface area contributed by atoms with Crippen LogP contribution in [0.3, 0.4) is 0 Å². The van der Waals surface area contributed by atoms with E-state index in [1.807, 2.05) is 0 Å². The predicted molar refractivity (Wildman–Crippen MR) is 155 cm³/mol. The van der Waals surface area contributed by atoms with Gasteiger partial charge in [-0.1, -0.05) is 36.4 Å². The van der Waals surface area contributed by atoms with Gasteiger partial charge in [-0.15, -0.1) is 0 Å². The monoisotopic (exact) mass is 595 g/mol. The van der Waals surface area contributed by atoms with Crippen LogP contribution in [0.4, 0.5) is 4.39 Å². The van der Waals surface area contributed by atoms with E-state index in [0.717, 1.165) is 0 Å². The maximum Gasteiger partial charge on any atom is 0.344 e. The molecule has 6 rings (SSSR count). The van der Waals surface area contributed by atoms with Crippen LogP contribution in [0.5, 0.6) is 11.5 Å². The van der Waals surface area contributed by atoms with Gasteiger partial charge in [0.25, 0.3) is 10.0 Å². The number of nitriles is 1. The second-order valence-corrected chi connectivity index (χ2v) is 11.4. The Morgan fingerprint density at radius 2 is 1.79 bits per heavy atom. The molecule has 0 fully saturated rings. The Balaban J connectivity index is 1.61. The Labute approximate surface area is 245 Å². The van der Waals surface area contributed by atoms with Crippen molar-refractivity contribution >= 4 is 21.0 Å². The summed E-state index contributed by atoms with van der Waals surface area (Å²) in [4.78, 5) is 17.3. The van der Waals surface area contributed by atoms with E-state index >= 15 is 0 Å². The van der Waals surface area contributed by atoms with Gasteiger partial charge in [0.05, 0.1) is 28.9 Å². The van der Waals surface area contributed by atoms with Crippen molar-refractivity contribution in [3.8, 4) is 28.7 Å². The van der Waals surface area contributed by atoms with Crippen LogP contribution in [0, 0.1) is 24.2 Å². The molecule has 0 amide bonds. The van der Waals surface area contributed by atoms with E-state index in [1.54, 1.807) is 73.7 Å². The number of hydrogen-bond donors (Lipinski definition) is 1. The largest absolute Gasteiger partial charge is 0.496 e. The molecule has 0 saturated heterocycles. The zero-order valence-corrected chi connectivity index (χ0v) is 23.6. The molecule has 3 aromatic carbocycles. The number of pyridine rings is 1. The average Bonchev–Trinajstić information content (AvgIpc) is 3.02. The van der Waals surface area contributed by atoms with E-state index in [4.69, 9.17) is 13.9 Å². The van der Waals surface area contributed by atoms with Crippen molar-refractivity contribution in [2.75, 3.05) is 7.11 Å². The second-order valence-electron chi connectivity index (χ2n) is 9.73. The number of nitrogens with zero attached hydrogens (tertiary/aromatic N) is 2. The maximum absolute atomic E-state index is 14.0. The van der Waals surface area contributed by atoms with Crippen LogP contribution in [0.1, 0.15) is 22.6 Å². The fourth-order valence-corrected chi connectivity index (χ4v) is 6.10. The number of methoxy groups -OCH3 is 1. The van der Waals surface area contributed by atoms with E-state index < -0.39 is 27.5 Å². The highest BCUT2D eigenvalue weighted by Crippen LogP contribution is 2.45. The minimum absolute atomic E-state index is 0.0161. The fraction of sp³-hybridized carbons (Fsp3) is 0.0938. The lowest BCUT2D eigenvalue weighted by Crippen LogP contribution is -2.33. The van der Waals surface area contributed by atoms with Crippen LogP contribution in [-0.4, -0.2) is 20.5 Å². The highest BCUT2D eigenvalue weighted by Gasteiger charge is 2.38. The SMILES string of the molecule is COc1ccc(C2C(C#N)=C(NS(=O)(=O)c3ccccc3)Oc3c2c(=O)oc2ccccc32)cc1-c1cnc(F)c(C)c1. The van der Waals surface area contributed by atoms with Crippen molar-refractivity contribution in [3.05, 3.63) is 130 Å². The lowest BCUT2D eigenvalue weighted by atomic mass is 9.82. The van der Waals surface area contributed by atoms with Crippen molar-refractivity contribution in [1.29, 1.82) is 5.26 Å². The van der Waals surface area contributed by atoms with E-state index in [1.165, 1.54) is 25.4 Å². The molecule has 0 aliphatic carbocycles. The first-order chi connectivity index (χ1) is 20.7. The first kappa shape index (κ1) is 27.7. The molecule has 1 N–H and O–H groups in total. The number of hydrogen-bond acceptors (Lipinski definition) is 8. The summed E-state index contributed by atoms with van der Waals surface area (Å²) in [7, 11) is -2.72. The van der Waals surface area contributed by atoms with Crippen molar-refractivity contribution in [3.63, 3.8) is 0 Å². The summed E-state index contributed by atoms with van der Waals surface area (Å²) in [5.41, 5.74) is 1.09. The summed E-state index contributed by atoms with van der Waals surface area (Å²) in [6.45, 7) is 1.58. The van der Waals surface area contributed by atoms with Crippen molar-refractivity contribution in [1.82, 2.24) is 9.71 Å². The molecular weight excluding hydrogens is 573 g/mol. The van der Waals surface area contributed by atoms with Crippen LogP contribution in [0.15, 0.2) is 111 Å². The molecule has 0 radical (unpaired) electrons. The number of ether oxygens (including phenoxy) is 2. The molecule has 3 heterocycles. The molecule has 1 aliphatic rings. The van der Waals surface area contributed by atoms with E-state index in [-0.39, 0.29) is 33.2 Å². The summed E-state index contributed by atoms with van der Waals surface area (Å²) in [5, 5.41) is 10.8. The van der Waals surface area contributed by atoms with E-state index in [9.17, 15) is 22.9 Å². The van der Waals surface area contributed by atoms with Gasteiger partial charge in [-0.3, -0.25) is 0 Å². The lowest BCUT2D eigenvalue weighted by Gasteiger charge is -2.28. The zero-order valence-electron chi connectivity index (χ0n) is 22.8. The third-order valence-corrected chi connectivity index (χ3v) is 8.46. The Hall–Kier alpha value is -5.47. The molecular formula is C32H22FN3O6S. The summed E-state index contributed by atoms with van der Waals surface area (Å²) < 4.78 is 60.4. The normalized spacial score (nSPS) is 14.5. The van der Waals surface area contributed by atoms with E-state index in [0.29, 0.717) is 33.4 Å². The minimum atomic E-state index is -4.19. The Bertz CT molecular complexity index is 2150. The number of rotatable bonds is 6. The van der Waals surface area contributed by atoms with Crippen LogP contribution >= 0.6 is 0 Å². The Morgan fingerprint density at radius 1 is 1.05 bits per heavy atom. The molecule has 1 atom stereocenters. The minimum Gasteiger partial charge on any atom is -0.496 e. The number of aryl methyl sites for hydroxylation is 1. The van der Waals surface area contributed by atoms with Crippen LogP contribution in [0.2, 0.25) is 0 Å². The standard InChI is InChI=1S/C32H22FN3O6S/c1-18-14-20(17-35-30(18)33)23-15-19(12-13-25(23)40-2)27-24(16-34)31(36-43(38,39)21-8-4-3-5-9-21)42-29-22-10-6-7-11-26(22)41-32(37)28(27)29/h3-15,17,27,36H,1-2H3. The number of aromatic nitrogens is 1. The van der Waals surface area contributed by atoms with Gasteiger partial charge in [0.2, 0.25) is 11.8 Å². The summed E-state index contributed by atoms with van der Waals surface area (Å²) >= 11 is 0. The fourth-order valence-electron chi connectivity index (χ4n) is 5.07. The highest BCUT2D eigenvalue weighted by molar-refractivity contribution is 7.89. The first-order valence-corrected chi connectivity index (χ1v) is 14.5. The average molecular weight is 596 g/mol. The maximum atomic E-state index is 14.0. The third kappa shape index (κ3) is 4.87. The highest BCUT2D eigenvalue weighted by atomic mass is 32.2. The molecule has 5 aromatic rings. The molecule has 1 aliphatic heterocycles. The Morgan fingerprint density at radius 3 is 2.51 bits per heavy atom. The van der Waals surface area contributed by atoms with Crippen molar-refractivity contribution in [2.45, 2.75) is 17.7 Å². The van der Waals surface area contributed by atoms with Gasteiger partial charge in [0.15, 0.2) is 5.75 Å². The quantitative estimate of drug-likeness (QED) is 0.200. The molecule has 0 spiro atoms. The zero-order chi connectivity index (χ0) is 30.3. The van der Waals surface area contributed by atoms with Gasteiger partial charge in [-0.25, -0.2) is 22.9 Å². The van der Waals surface area contributed by atoms with Gasteiger partial charge in [0.1, 0.15) is 23.0 Å². The smallest absolute Gasteiger partial charge is 0.344 e. The number of allylic oxidation sites excluding steroid dienone is 1. The summed E-state index contributed by atoms with van der Waals surface area (Å²) in [6, 6.07) is 22.9. The summed E-state index contributed by atoms with van der Waals surface area (Å²) in [5.74, 6) is -1.59. The lowest BCUT2D eigenvalue weighted by molar-refractivity contribution is 0.374. The predicted octanol–water partition coefficient (Wildman–Crippen LogP) is 5.55. The van der Waals surface area contributed by atoms with Gasteiger partial charge in [0, 0.05) is 22.9 Å². The third-order valence-electron chi connectivity index (χ3n) is 7.11. The number of nitrogens with one attached hydrogen (secondary N) is 1. The molecule has 214 valence electrons. The molecule has 0 bridgehead atoms. The molecule has 11 heteroatoms. The molecule has 0 saturated carbocycles. The van der Waals surface area contributed by atoms with Crippen LogP contribution < -0.4 is 19.8 Å². The van der Waals surface area contributed by atoms with Crippen LogP contribution in [0.25, 0.3) is 22.1 Å². The number of sulfonamides is 1. The van der Waals surface area contributed by atoms with Gasteiger partial charge in [-0.05, 0) is 55.0 Å². The molecule has 1 unspecified atom stereocenters. The van der Waals surface area contributed by atoms with Crippen molar-refractivity contribution in [2.24, 2.45) is 0 Å². The molecule has 2 aromatic heterocycles. The summed E-state index contributed by atoms with van der Waals surface area (Å²) in [6.07, 6.45) is 1.35. The topological polar surface area (TPSA) is 132 Å². The number of fused-ring (bicyclic) bond motifs is 3. The second kappa shape index (κ2) is 10.7. The van der Waals surface area contributed by atoms with Gasteiger partial charge in [-0.2, -0.15) is 9.65 Å². The van der Waals surface area contributed by atoms with Crippen LogP contribution in [-0.2, 0) is 10.0 Å². The van der Waals surface area contributed by atoms with E-state index in [2.05, 4.69) is 15.8 Å².